The Labute approximate surface area is 127 Å². The van der Waals surface area contributed by atoms with Gasteiger partial charge in [0.2, 0.25) is 0 Å². The molecule has 0 amide bonds. The van der Waals surface area contributed by atoms with Crippen molar-refractivity contribution in [1.29, 1.82) is 0 Å². The highest BCUT2D eigenvalue weighted by atomic mass is 16.6. The summed E-state index contributed by atoms with van der Waals surface area (Å²) in [4.78, 5) is 10.6. The van der Waals surface area contributed by atoms with E-state index in [1.165, 1.54) is 19.3 Å². The molecule has 4 atom stereocenters. The molecule has 0 aliphatic heterocycles. The molecule has 0 radical (unpaired) electrons. The summed E-state index contributed by atoms with van der Waals surface area (Å²) in [6.07, 6.45) is 4.68. The fraction of sp³-hybridized carbons (Fsp3) is 0.647. The van der Waals surface area contributed by atoms with Gasteiger partial charge in [-0.1, -0.05) is 32.9 Å². The Morgan fingerprint density at radius 3 is 2.76 bits per heavy atom. The molecule has 1 fully saturated rings. The van der Waals surface area contributed by atoms with E-state index in [9.17, 15) is 10.1 Å². The first-order valence-corrected chi connectivity index (χ1v) is 8.01. The first-order chi connectivity index (χ1) is 10.0. The molecule has 1 aliphatic carbocycles. The van der Waals surface area contributed by atoms with Crippen molar-refractivity contribution >= 4 is 5.69 Å². The molecule has 1 N–H and O–H groups in total. The molecule has 1 aromatic rings. The predicted octanol–water partition coefficient (Wildman–Crippen LogP) is 4.46. The van der Waals surface area contributed by atoms with E-state index in [1.807, 2.05) is 6.07 Å². The Hall–Kier alpha value is -1.42. The normalized spacial score (nSPS) is 27.3. The van der Waals surface area contributed by atoms with Gasteiger partial charge in [-0.3, -0.25) is 10.1 Å². The zero-order valence-electron chi connectivity index (χ0n) is 13.2. The fourth-order valence-corrected chi connectivity index (χ4v) is 3.48. The van der Waals surface area contributed by atoms with Gasteiger partial charge in [-0.2, -0.15) is 0 Å². The number of hydrogen-bond acceptors (Lipinski definition) is 3. The Morgan fingerprint density at radius 1 is 1.38 bits per heavy atom. The van der Waals surface area contributed by atoms with Crippen LogP contribution in [0.3, 0.4) is 0 Å². The first kappa shape index (κ1) is 16.0. The lowest BCUT2D eigenvalue weighted by Crippen LogP contribution is -2.40. The van der Waals surface area contributed by atoms with Crippen LogP contribution in [-0.4, -0.2) is 11.0 Å². The van der Waals surface area contributed by atoms with Crippen molar-refractivity contribution in [2.24, 2.45) is 11.8 Å². The monoisotopic (exact) mass is 290 g/mol. The SMILES string of the molecule is CCC(NC1CCC(C)CC1C)c1cccc([N+](=O)[O-])c1. The van der Waals surface area contributed by atoms with Crippen molar-refractivity contribution in [2.75, 3.05) is 0 Å². The van der Waals surface area contributed by atoms with Crippen LogP contribution in [0.5, 0.6) is 0 Å². The van der Waals surface area contributed by atoms with Gasteiger partial charge in [-0.15, -0.1) is 0 Å². The van der Waals surface area contributed by atoms with Gasteiger partial charge in [0.15, 0.2) is 0 Å². The Morgan fingerprint density at radius 2 is 2.14 bits per heavy atom. The third-order valence-electron chi connectivity index (χ3n) is 4.74. The van der Waals surface area contributed by atoms with Crippen LogP contribution in [0.2, 0.25) is 0 Å². The maximum absolute atomic E-state index is 10.9. The van der Waals surface area contributed by atoms with E-state index in [-0.39, 0.29) is 16.7 Å². The summed E-state index contributed by atoms with van der Waals surface area (Å²) in [6, 6.07) is 7.75. The van der Waals surface area contributed by atoms with E-state index in [1.54, 1.807) is 18.2 Å². The van der Waals surface area contributed by atoms with E-state index < -0.39 is 0 Å². The van der Waals surface area contributed by atoms with Crippen molar-refractivity contribution in [3.63, 3.8) is 0 Å². The van der Waals surface area contributed by atoms with Crippen molar-refractivity contribution in [3.05, 3.63) is 39.9 Å². The van der Waals surface area contributed by atoms with E-state index in [4.69, 9.17) is 0 Å². The van der Waals surface area contributed by atoms with Crippen LogP contribution in [0.25, 0.3) is 0 Å². The van der Waals surface area contributed by atoms with Gasteiger partial charge in [0.25, 0.3) is 5.69 Å². The number of nitrogens with zero attached hydrogens (tertiary/aromatic N) is 1. The van der Waals surface area contributed by atoms with E-state index >= 15 is 0 Å². The van der Waals surface area contributed by atoms with Crippen LogP contribution in [0.1, 0.15) is 58.1 Å². The van der Waals surface area contributed by atoms with Gasteiger partial charge in [-0.05, 0) is 43.1 Å². The van der Waals surface area contributed by atoms with Gasteiger partial charge in [0.1, 0.15) is 0 Å². The van der Waals surface area contributed by atoms with Gasteiger partial charge < -0.3 is 5.32 Å². The molecular formula is C17H26N2O2. The highest BCUT2D eigenvalue weighted by Crippen LogP contribution is 2.31. The number of non-ortho nitro benzene ring substituents is 1. The summed E-state index contributed by atoms with van der Waals surface area (Å²) < 4.78 is 0. The molecule has 0 aromatic heterocycles. The largest absolute Gasteiger partial charge is 0.307 e. The molecular weight excluding hydrogens is 264 g/mol. The summed E-state index contributed by atoms with van der Waals surface area (Å²) in [7, 11) is 0. The number of benzene rings is 1. The minimum absolute atomic E-state index is 0.179. The van der Waals surface area contributed by atoms with Crippen molar-refractivity contribution in [2.45, 2.75) is 58.5 Å². The maximum atomic E-state index is 10.9. The van der Waals surface area contributed by atoms with Gasteiger partial charge >= 0.3 is 0 Å². The number of nitro groups is 1. The fourth-order valence-electron chi connectivity index (χ4n) is 3.48. The van der Waals surface area contributed by atoms with Crippen LogP contribution in [0.15, 0.2) is 24.3 Å². The second kappa shape index (κ2) is 7.03. The van der Waals surface area contributed by atoms with Crippen molar-refractivity contribution in [3.8, 4) is 0 Å². The molecule has 4 nitrogen and oxygen atoms in total. The average molecular weight is 290 g/mol. The molecule has 4 unspecified atom stereocenters. The van der Waals surface area contributed by atoms with Crippen molar-refractivity contribution in [1.82, 2.24) is 5.32 Å². The van der Waals surface area contributed by atoms with Gasteiger partial charge in [0, 0.05) is 24.2 Å². The summed E-state index contributed by atoms with van der Waals surface area (Å²) >= 11 is 0. The molecule has 0 saturated heterocycles. The summed E-state index contributed by atoms with van der Waals surface area (Å²) in [6.45, 7) is 6.77. The van der Waals surface area contributed by atoms with E-state index in [0.29, 0.717) is 12.0 Å². The molecule has 4 heteroatoms. The number of nitro benzene ring substituents is 1. The highest BCUT2D eigenvalue weighted by molar-refractivity contribution is 5.35. The van der Waals surface area contributed by atoms with Crippen LogP contribution in [0, 0.1) is 22.0 Å². The topological polar surface area (TPSA) is 55.2 Å². The average Bonchev–Trinajstić information content (AvgIpc) is 2.46. The molecule has 0 heterocycles. The molecule has 21 heavy (non-hydrogen) atoms. The van der Waals surface area contributed by atoms with Crippen LogP contribution in [-0.2, 0) is 0 Å². The first-order valence-electron chi connectivity index (χ1n) is 8.01. The Bertz CT molecular complexity index is 489. The molecule has 1 saturated carbocycles. The summed E-state index contributed by atoms with van der Waals surface area (Å²) in [5.41, 5.74) is 1.20. The Balaban J connectivity index is 2.09. The van der Waals surface area contributed by atoms with E-state index in [0.717, 1.165) is 17.9 Å². The van der Waals surface area contributed by atoms with Crippen LogP contribution in [0.4, 0.5) is 5.69 Å². The molecule has 2 rings (SSSR count). The molecule has 0 spiro atoms. The number of hydrogen-bond donors (Lipinski definition) is 1. The van der Waals surface area contributed by atoms with Gasteiger partial charge in [-0.25, -0.2) is 0 Å². The van der Waals surface area contributed by atoms with Crippen LogP contribution >= 0.6 is 0 Å². The second-order valence-electron chi connectivity index (χ2n) is 6.48. The zero-order valence-corrected chi connectivity index (χ0v) is 13.2. The van der Waals surface area contributed by atoms with E-state index in [2.05, 4.69) is 26.1 Å². The molecule has 116 valence electrons. The maximum Gasteiger partial charge on any atom is 0.269 e. The molecule has 1 aromatic carbocycles. The number of nitrogens with one attached hydrogen (secondary N) is 1. The third kappa shape index (κ3) is 4.03. The lowest BCUT2D eigenvalue weighted by atomic mass is 9.79. The minimum Gasteiger partial charge on any atom is -0.307 e. The third-order valence-corrected chi connectivity index (χ3v) is 4.74. The standard InChI is InChI=1S/C17H26N2O2/c1-4-16(14-6-5-7-15(11-14)19(20)21)18-17-9-8-12(2)10-13(17)3/h5-7,11-13,16-18H,4,8-10H2,1-3H3. The summed E-state index contributed by atoms with van der Waals surface area (Å²) in [5.74, 6) is 1.48. The molecule has 1 aliphatic rings. The predicted molar refractivity (Wildman–Crippen MR) is 85.2 cm³/mol. The molecule has 0 bridgehead atoms. The van der Waals surface area contributed by atoms with Crippen molar-refractivity contribution < 1.29 is 4.92 Å². The van der Waals surface area contributed by atoms with Crippen LogP contribution < -0.4 is 5.32 Å². The summed E-state index contributed by atoms with van der Waals surface area (Å²) in [5, 5.41) is 14.7. The van der Waals surface area contributed by atoms with Gasteiger partial charge in [0.05, 0.1) is 4.92 Å². The lowest BCUT2D eigenvalue weighted by Gasteiger charge is -2.36. The second-order valence-corrected chi connectivity index (χ2v) is 6.48. The number of rotatable bonds is 5. The smallest absolute Gasteiger partial charge is 0.269 e. The zero-order chi connectivity index (χ0) is 15.4. The highest BCUT2D eigenvalue weighted by Gasteiger charge is 2.27. The quantitative estimate of drug-likeness (QED) is 0.643. The minimum atomic E-state index is -0.318. The Kier molecular flexibility index (Phi) is 5.34. The lowest BCUT2D eigenvalue weighted by molar-refractivity contribution is -0.384.